The van der Waals surface area contributed by atoms with Gasteiger partial charge in [0.25, 0.3) is 0 Å². The van der Waals surface area contributed by atoms with Crippen molar-refractivity contribution in [1.29, 1.82) is 0 Å². The summed E-state index contributed by atoms with van der Waals surface area (Å²) in [6.07, 6.45) is 0. The molecule has 2 nitrogen and oxygen atoms in total. The van der Waals surface area contributed by atoms with Gasteiger partial charge in [-0.2, -0.15) is 0 Å². The molecule has 1 N–H and O–H groups in total. The molecule has 0 amide bonds. The van der Waals surface area contributed by atoms with E-state index in [0.717, 1.165) is 17.1 Å². The lowest BCUT2D eigenvalue weighted by Crippen LogP contribution is -1.91. The Bertz CT molecular complexity index is 775. The van der Waals surface area contributed by atoms with E-state index in [1.807, 2.05) is 25.1 Å². The highest BCUT2D eigenvalue weighted by molar-refractivity contribution is 7.71. The molecule has 0 saturated carbocycles. The zero-order valence-electron chi connectivity index (χ0n) is 9.97. The minimum absolute atomic E-state index is 0.620. The molecular formula is C15H12N2S. The summed E-state index contributed by atoms with van der Waals surface area (Å²) in [5, 5.41) is 2.47. The lowest BCUT2D eigenvalue weighted by molar-refractivity contribution is 1.05. The second kappa shape index (κ2) is 4.35. The van der Waals surface area contributed by atoms with Crippen molar-refractivity contribution >= 4 is 23.0 Å². The van der Waals surface area contributed by atoms with Gasteiger partial charge in [-0.1, -0.05) is 48.6 Å². The summed E-state index contributed by atoms with van der Waals surface area (Å²) in [4.78, 5) is 7.43. The van der Waals surface area contributed by atoms with Crippen molar-refractivity contribution in [3.8, 4) is 11.3 Å². The topological polar surface area (TPSA) is 28.7 Å². The highest BCUT2D eigenvalue weighted by Crippen LogP contribution is 2.22. The van der Waals surface area contributed by atoms with Gasteiger partial charge in [-0.25, -0.2) is 4.98 Å². The molecular weight excluding hydrogens is 240 g/mol. The van der Waals surface area contributed by atoms with Crippen LogP contribution in [0.4, 0.5) is 0 Å². The Morgan fingerprint density at radius 3 is 2.56 bits per heavy atom. The van der Waals surface area contributed by atoms with E-state index < -0.39 is 0 Å². The third kappa shape index (κ3) is 2.05. The Morgan fingerprint density at radius 2 is 1.78 bits per heavy atom. The Hall–Kier alpha value is -2.00. The maximum atomic E-state index is 5.15. The maximum Gasteiger partial charge on any atom is 0.130 e. The minimum Gasteiger partial charge on any atom is -0.343 e. The molecule has 3 rings (SSSR count). The molecule has 0 unspecified atom stereocenters. The Balaban J connectivity index is 2.22. The third-order valence-electron chi connectivity index (χ3n) is 2.92. The number of nitrogens with one attached hydrogen (secondary N) is 1. The van der Waals surface area contributed by atoms with E-state index in [9.17, 15) is 0 Å². The fraction of sp³-hybridized carbons (Fsp3) is 0.0667. The highest BCUT2D eigenvalue weighted by Gasteiger charge is 2.01. The number of aryl methyl sites for hydroxylation is 1. The average Bonchev–Trinajstić information content (AvgIpc) is 2.37. The van der Waals surface area contributed by atoms with Crippen LogP contribution in [0.2, 0.25) is 0 Å². The molecule has 2 aromatic carbocycles. The molecule has 0 spiro atoms. The van der Waals surface area contributed by atoms with E-state index in [0.29, 0.717) is 4.64 Å². The Labute approximate surface area is 110 Å². The molecule has 0 aliphatic heterocycles. The van der Waals surface area contributed by atoms with Crippen molar-refractivity contribution in [2.75, 3.05) is 0 Å². The summed E-state index contributed by atoms with van der Waals surface area (Å²) in [5.74, 6) is 0.839. The molecule has 0 radical (unpaired) electrons. The van der Waals surface area contributed by atoms with Crippen molar-refractivity contribution in [3.63, 3.8) is 0 Å². The van der Waals surface area contributed by atoms with E-state index in [1.54, 1.807) is 0 Å². The van der Waals surface area contributed by atoms with E-state index >= 15 is 0 Å². The van der Waals surface area contributed by atoms with Crippen LogP contribution in [-0.4, -0.2) is 9.97 Å². The normalized spacial score (nSPS) is 10.7. The van der Waals surface area contributed by atoms with Gasteiger partial charge in [-0.3, -0.25) is 0 Å². The van der Waals surface area contributed by atoms with Gasteiger partial charge in [-0.05, 0) is 35.4 Å². The van der Waals surface area contributed by atoms with E-state index in [1.165, 1.54) is 10.8 Å². The van der Waals surface area contributed by atoms with Crippen LogP contribution >= 0.6 is 12.2 Å². The number of hydrogen-bond acceptors (Lipinski definition) is 2. The molecule has 0 saturated heterocycles. The molecule has 18 heavy (non-hydrogen) atoms. The zero-order chi connectivity index (χ0) is 12.5. The number of aromatic nitrogens is 2. The van der Waals surface area contributed by atoms with Crippen LogP contribution in [0.5, 0.6) is 0 Å². The first-order valence-electron chi connectivity index (χ1n) is 5.79. The number of aromatic amines is 1. The zero-order valence-corrected chi connectivity index (χ0v) is 10.8. The van der Waals surface area contributed by atoms with E-state index in [-0.39, 0.29) is 0 Å². The quantitative estimate of drug-likeness (QED) is 0.655. The van der Waals surface area contributed by atoms with Crippen molar-refractivity contribution in [3.05, 3.63) is 59.0 Å². The number of hydrogen-bond donors (Lipinski definition) is 1. The summed E-state index contributed by atoms with van der Waals surface area (Å²) in [5.41, 5.74) is 2.14. The molecule has 0 atom stereocenters. The molecule has 0 aliphatic carbocycles. The largest absolute Gasteiger partial charge is 0.343 e. The fourth-order valence-electron chi connectivity index (χ4n) is 2.09. The van der Waals surface area contributed by atoms with Gasteiger partial charge in [-0.15, -0.1) is 0 Å². The number of rotatable bonds is 1. The van der Waals surface area contributed by atoms with E-state index in [2.05, 4.69) is 40.3 Å². The van der Waals surface area contributed by atoms with Gasteiger partial charge in [0.1, 0.15) is 10.5 Å². The first-order valence-corrected chi connectivity index (χ1v) is 6.20. The summed E-state index contributed by atoms with van der Waals surface area (Å²) in [6.45, 7) is 1.92. The van der Waals surface area contributed by atoms with Gasteiger partial charge in [0.2, 0.25) is 0 Å². The summed E-state index contributed by atoms with van der Waals surface area (Å²) >= 11 is 5.15. The molecule has 0 fully saturated rings. The SMILES string of the molecule is Cc1nc(=S)cc(-c2ccc3ccccc3c2)[nH]1. The summed E-state index contributed by atoms with van der Waals surface area (Å²) in [6, 6.07) is 16.6. The van der Waals surface area contributed by atoms with Gasteiger partial charge in [0.15, 0.2) is 0 Å². The van der Waals surface area contributed by atoms with Gasteiger partial charge in [0.05, 0.1) is 0 Å². The first kappa shape index (κ1) is 11.1. The predicted molar refractivity (Wildman–Crippen MR) is 77.1 cm³/mol. The minimum atomic E-state index is 0.620. The van der Waals surface area contributed by atoms with Gasteiger partial charge >= 0.3 is 0 Å². The lowest BCUT2D eigenvalue weighted by Gasteiger charge is -2.05. The summed E-state index contributed by atoms with van der Waals surface area (Å²) in [7, 11) is 0. The van der Waals surface area contributed by atoms with Crippen molar-refractivity contribution < 1.29 is 0 Å². The van der Waals surface area contributed by atoms with Crippen LogP contribution in [0, 0.1) is 11.6 Å². The number of benzene rings is 2. The molecule has 0 bridgehead atoms. The van der Waals surface area contributed by atoms with Crippen LogP contribution < -0.4 is 0 Å². The standard InChI is InChI=1S/C15H12N2S/c1-10-16-14(9-15(18)17-10)13-7-6-11-4-2-3-5-12(11)8-13/h2-9H,1H3,(H,16,17,18). The Kier molecular flexibility index (Phi) is 2.68. The lowest BCUT2D eigenvalue weighted by atomic mass is 10.1. The van der Waals surface area contributed by atoms with Crippen LogP contribution in [0.25, 0.3) is 22.0 Å². The monoisotopic (exact) mass is 252 g/mol. The van der Waals surface area contributed by atoms with Crippen molar-refractivity contribution in [2.24, 2.45) is 0 Å². The van der Waals surface area contributed by atoms with Crippen LogP contribution in [0.15, 0.2) is 48.5 Å². The molecule has 88 valence electrons. The molecule has 1 aromatic heterocycles. The second-order valence-corrected chi connectivity index (χ2v) is 4.70. The fourth-order valence-corrected chi connectivity index (χ4v) is 2.35. The van der Waals surface area contributed by atoms with Crippen molar-refractivity contribution in [1.82, 2.24) is 9.97 Å². The van der Waals surface area contributed by atoms with E-state index in [4.69, 9.17) is 12.2 Å². The van der Waals surface area contributed by atoms with Gasteiger partial charge < -0.3 is 4.98 Å². The summed E-state index contributed by atoms with van der Waals surface area (Å²) < 4.78 is 0.620. The molecule has 3 heteroatoms. The van der Waals surface area contributed by atoms with Crippen LogP contribution in [0.1, 0.15) is 5.82 Å². The number of H-pyrrole nitrogens is 1. The Morgan fingerprint density at radius 1 is 1.00 bits per heavy atom. The van der Waals surface area contributed by atoms with Crippen molar-refractivity contribution in [2.45, 2.75) is 6.92 Å². The maximum absolute atomic E-state index is 5.15. The second-order valence-electron chi connectivity index (χ2n) is 4.28. The van der Waals surface area contributed by atoms with Gasteiger partial charge in [0, 0.05) is 5.69 Å². The van der Waals surface area contributed by atoms with Crippen LogP contribution in [0.3, 0.4) is 0 Å². The molecule has 3 aromatic rings. The van der Waals surface area contributed by atoms with Crippen LogP contribution in [-0.2, 0) is 0 Å². The number of fused-ring (bicyclic) bond motifs is 1. The molecule has 0 aliphatic rings. The molecule has 1 heterocycles. The number of nitrogens with zero attached hydrogens (tertiary/aromatic N) is 1. The average molecular weight is 252 g/mol. The first-order chi connectivity index (χ1) is 8.72. The highest BCUT2D eigenvalue weighted by atomic mass is 32.1. The smallest absolute Gasteiger partial charge is 0.130 e. The third-order valence-corrected chi connectivity index (χ3v) is 3.13. The predicted octanol–water partition coefficient (Wildman–Crippen LogP) is 4.27.